The minimum absolute atomic E-state index is 0.0584. The third kappa shape index (κ3) is 2.39. The molecular weight excluding hydrogens is 266 g/mol. The fraction of sp³-hybridized carbons (Fsp3) is 0.417. The number of nitro benzene ring substituents is 1. The number of thiazole rings is 1. The minimum Gasteiger partial charge on any atom is -0.391 e. The first-order chi connectivity index (χ1) is 9.13. The molecule has 1 aliphatic rings. The lowest BCUT2D eigenvalue weighted by molar-refractivity contribution is -0.384. The van der Waals surface area contributed by atoms with Gasteiger partial charge < -0.3 is 10.0 Å². The number of fused-ring (bicyclic) bond motifs is 1. The molecule has 0 saturated carbocycles. The number of benzene rings is 1. The van der Waals surface area contributed by atoms with Crippen molar-refractivity contribution in [1.82, 2.24) is 4.98 Å². The van der Waals surface area contributed by atoms with Gasteiger partial charge in [-0.05, 0) is 18.9 Å². The zero-order valence-corrected chi connectivity index (χ0v) is 11.0. The van der Waals surface area contributed by atoms with Gasteiger partial charge in [-0.2, -0.15) is 0 Å². The Hall–Kier alpha value is -1.73. The summed E-state index contributed by atoms with van der Waals surface area (Å²) in [7, 11) is 0. The number of hydrogen-bond acceptors (Lipinski definition) is 6. The van der Waals surface area contributed by atoms with Crippen molar-refractivity contribution in [2.45, 2.75) is 18.9 Å². The molecule has 3 rings (SSSR count). The second-order valence-corrected chi connectivity index (χ2v) is 5.66. The van der Waals surface area contributed by atoms with E-state index in [2.05, 4.69) is 4.98 Å². The number of nitrogens with zero attached hydrogens (tertiary/aromatic N) is 3. The molecule has 6 nitrogen and oxygen atoms in total. The van der Waals surface area contributed by atoms with E-state index in [1.165, 1.54) is 23.5 Å². The summed E-state index contributed by atoms with van der Waals surface area (Å²) >= 11 is 1.51. The average molecular weight is 279 g/mol. The van der Waals surface area contributed by atoms with Crippen LogP contribution in [0.15, 0.2) is 18.2 Å². The standard InChI is InChI=1S/C12H13N3O3S/c16-9-2-1-5-14(7-9)12-13-10-6-8(15(17)18)3-4-11(10)19-12/h3-4,6,9,16H,1-2,5,7H2. The van der Waals surface area contributed by atoms with Gasteiger partial charge in [-0.15, -0.1) is 0 Å². The fourth-order valence-electron chi connectivity index (χ4n) is 2.28. The van der Waals surface area contributed by atoms with E-state index in [-0.39, 0.29) is 11.8 Å². The number of non-ortho nitro benzene ring substituents is 1. The number of hydrogen-bond donors (Lipinski definition) is 1. The van der Waals surface area contributed by atoms with Crippen LogP contribution in [-0.4, -0.2) is 34.2 Å². The number of aromatic nitrogens is 1. The van der Waals surface area contributed by atoms with Crippen molar-refractivity contribution in [3.63, 3.8) is 0 Å². The summed E-state index contributed by atoms with van der Waals surface area (Å²) in [6.07, 6.45) is 1.46. The second kappa shape index (κ2) is 4.75. The van der Waals surface area contributed by atoms with Crippen LogP contribution < -0.4 is 4.90 Å². The molecule has 1 saturated heterocycles. The Morgan fingerprint density at radius 2 is 2.37 bits per heavy atom. The van der Waals surface area contributed by atoms with E-state index in [1.54, 1.807) is 6.07 Å². The molecule has 1 N–H and O–H groups in total. The summed E-state index contributed by atoms with van der Waals surface area (Å²) in [5, 5.41) is 21.2. The zero-order chi connectivity index (χ0) is 13.4. The van der Waals surface area contributed by atoms with Gasteiger partial charge in [0, 0.05) is 25.2 Å². The fourth-order valence-corrected chi connectivity index (χ4v) is 3.26. The lowest BCUT2D eigenvalue weighted by Gasteiger charge is -2.29. The molecule has 0 amide bonds. The molecule has 1 atom stereocenters. The Morgan fingerprint density at radius 1 is 1.53 bits per heavy atom. The van der Waals surface area contributed by atoms with E-state index >= 15 is 0 Å². The summed E-state index contributed by atoms with van der Waals surface area (Å²) < 4.78 is 0.931. The molecule has 0 spiro atoms. The highest BCUT2D eigenvalue weighted by atomic mass is 32.1. The smallest absolute Gasteiger partial charge is 0.271 e. The summed E-state index contributed by atoms with van der Waals surface area (Å²) in [5.41, 5.74) is 0.706. The molecule has 0 radical (unpaired) electrons. The molecule has 7 heteroatoms. The van der Waals surface area contributed by atoms with Crippen molar-refractivity contribution in [3.05, 3.63) is 28.3 Å². The van der Waals surface area contributed by atoms with Gasteiger partial charge >= 0.3 is 0 Å². The van der Waals surface area contributed by atoms with E-state index in [4.69, 9.17) is 0 Å². The van der Waals surface area contributed by atoms with Gasteiger partial charge in [-0.25, -0.2) is 4.98 Å². The van der Waals surface area contributed by atoms with Crippen LogP contribution in [0.4, 0.5) is 10.8 Å². The van der Waals surface area contributed by atoms with Gasteiger partial charge in [0.05, 0.1) is 21.2 Å². The highest BCUT2D eigenvalue weighted by Gasteiger charge is 2.21. The number of aliphatic hydroxyl groups excluding tert-OH is 1. The number of nitro groups is 1. The van der Waals surface area contributed by atoms with E-state index in [0.717, 1.165) is 29.2 Å². The van der Waals surface area contributed by atoms with Gasteiger partial charge in [0.25, 0.3) is 5.69 Å². The lowest BCUT2D eigenvalue weighted by Crippen LogP contribution is -2.38. The summed E-state index contributed by atoms with van der Waals surface area (Å²) in [4.78, 5) is 16.8. The van der Waals surface area contributed by atoms with E-state index in [9.17, 15) is 15.2 Å². The van der Waals surface area contributed by atoms with Crippen LogP contribution in [0.3, 0.4) is 0 Å². The molecular formula is C12H13N3O3S. The van der Waals surface area contributed by atoms with Gasteiger partial charge in [-0.1, -0.05) is 11.3 Å². The van der Waals surface area contributed by atoms with Crippen molar-refractivity contribution >= 4 is 32.4 Å². The van der Waals surface area contributed by atoms with Crippen molar-refractivity contribution in [2.75, 3.05) is 18.0 Å². The Morgan fingerprint density at radius 3 is 3.11 bits per heavy atom. The second-order valence-electron chi connectivity index (χ2n) is 4.65. The Kier molecular flexibility index (Phi) is 3.08. The van der Waals surface area contributed by atoms with Gasteiger partial charge in [0.15, 0.2) is 5.13 Å². The van der Waals surface area contributed by atoms with Crippen molar-refractivity contribution < 1.29 is 10.0 Å². The predicted molar refractivity (Wildman–Crippen MR) is 73.7 cm³/mol. The number of β-amino-alcohol motifs (C(OH)–C–C–N with tert-alkyl or cyclic N) is 1. The summed E-state index contributed by atoms with van der Waals surface area (Å²) in [5.74, 6) is 0. The minimum atomic E-state index is -0.414. The number of piperidine rings is 1. The molecule has 1 unspecified atom stereocenters. The Bertz CT molecular complexity index is 628. The monoisotopic (exact) mass is 279 g/mol. The highest BCUT2D eigenvalue weighted by molar-refractivity contribution is 7.22. The van der Waals surface area contributed by atoms with Crippen LogP contribution in [0.2, 0.25) is 0 Å². The third-order valence-electron chi connectivity index (χ3n) is 3.24. The van der Waals surface area contributed by atoms with Crippen molar-refractivity contribution in [2.24, 2.45) is 0 Å². The topological polar surface area (TPSA) is 79.5 Å². The van der Waals surface area contributed by atoms with Crippen LogP contribution in [0, 0.1) is 10.1 Å². The van der Waals surface area contributed by atoms with Crippen molar-refractivity contribution in [3.8, 4) is 0 Å². The Balaban J connectivity index is 1.94. The average Bonchev–Trinajstić information content (AvgIpc) is 2.81. The lowest BCUT2D eigenvalue weighted by atomic mass is 10.1. The van der Waals surface area contributed by atoms with Gasteiger partial charge in [0.1, 0.15) is 0 Å². The molecule has 0 bridgehead atoms. The van der Waals surface area contributed by atoms with Crippen LogP contribution >= 0.6 is 11.3 Å². The largest absolute Gasteiger partial charge is 0.391 e. The third-order valence-corrected chi connectivity index (χ3v) is 4.33. The molecule has 1 aromatic carbocycles. The molecule has 2 aromatic rings. The number of anilines is 1. The van der Waals surface area contributed by atoms with Gasteiger partial charge in [0.2, 0.25) is 0 Å². The quantitative estimate of drug-likeness (QED) is 0.673. The molecule has 1 fully saturated rings. The maximum Gasteiger partial charge on any atom is 0.271 e. The first kappa shape index (κ1) is 12.3. The predicted octanol–water partition coefficient (Wildman–Crippen LogP) is 2.17. The molecule has 1 aliphatic heterocycles. The SMILES string of the molecule is O=[N+]([O-])c1ccc2sc(N3CCCC(O)C3)nc2c1. The first-order valence-corrected chi connectivity index (χ1v) is 6.93. The maximum atomic E-state index is 10.7. The summed E-state index contributed by atoms with van der Waals surface area (Å²) in [6, 6.07) is 4.72. The molecule has 0 aliphatic carbocycles. The van der Waals surface area contributed by atoms with Crippen LogP contribution in [0.25, 0.3) is 10.2 Å². The van der Waals surface area contributed by atoms with E-state index in [0.29, 0.717) is 12.1 Å². The molecule has 2 heterocycles. The van der Waals surface area contributed by atoms with Crippen LogP contribution in [0.1, 0.15) is 12.8 Å². The van der Waals surface area contributed by atoms with E-state index < -0.39 is 4.92 Å². The van der Waals surface area contributed by atoms with Crippen LogP contribution in [-0.2, 0) is 0 Å². The normalized spacial score (nSPS) is 19.8. The molecule has 1 aromatic heterocycles. The van der Waals surface area contributed by atoms with Crippen LogP contribution in [0.5, 0.6) is 0 Å². The van der Waals surface area contributed by atoms with Gasteiger partial charge in [-0.3, -0.25) is 10.1 Å². The summed E-state index contributed by atoms with van der Waals surface area (Å²) in [6.45, 7) is 1.46. The zero-order valence-electron chi connectivity index (χ0n) is 10.2. The van der Waals surface area contributed by atoms with Crippen molar-refractivity contribution in [1.29, 1.82) is 0 Å². The number of rotatable bonds is 2. The Labute approximate surface area is 113 Å². The van der Waals surface area contributed by atoms with E-state index in [1.807, 2.05) is 4.90 Å². The number of aliphatic hydroxyl groups is 1. The first-order valence-electron chi connectivity index (χ1n) is 6.11. The maximum absolute atomic E-state index is 10.7. The molecule has 19 heavy (non-hydrogen) atoms. The highest BCUT2D eigenvalue weighted by Crippen LogP contribution is 2.32. The molecule has 100 valence electrons.